The standard InChI is InChI=1S/C21H23N3O4S/c1-14-7-5-6-8-15(14)12-24(2)19(25)13-29-21-23-22-20(28-21)16-9-17(26-3)11-18(10-16)27-4/h5-11H,12-13H2,1-4H3. The fraction of sp³-hybridized carbons (Fsp3) is 0.286. The van der Waals surface area contributed by atoms with Crippen LogP contribution in [-0.2, 0) is 11.3 Å². The van der Waals surface area contributed by atoms with Crippen molar-refractivity contribution in [3.8, 4) is 23.0 Å². The van der Waals surface area contributed by atoms with Crippen LogP contribution in [0.3, 0.4) is 0 Å². The molecule has 0 fully saturated rings. The molecule has 0 spiro atoms. The Labute approximate surface area is 174 Å². The molecule has 0 N–H and O–H groups in total. The van der Waals surface area contributed by atoms with E-state index in [2.05, 4.69) is 10.2 Å². The van der Waals surface area contributed by atoms with Crippen molar-refractivity contribution in [3.63, 3.8) is 0 Å². The van der Waals surface area contributed by atoms with Gasteiger partial charge in [0.15, 0.2) is 0 Å². The third-order valence-corrected chi connectivity index (χ3v) is 5.22. The van der Waals surface area contributed by atoms with Gasteiger partial charge >= 0.3 is 0 Å². The van der Waals surface area contributed by atoms with Gasteiger partial charge in [-0.25, -0.2) is 0 Å². The Kier molecular flexibility index (Phi) is 6.77. The van der Waals surface area contributed by atoms with E-state index in [0.29, 0.717) is 34.7 Å². The molecule has 0 atom stereocenters. The van der Waals surface area contributed by atoms with E-state index < -0.39 is 0 Å². The monoisotopic (exact) mass is 413 g/mol. The SMILES string of the molecule is COc1cc(OC)cc(-c2nnc(SCC(=O)N(C)Cc3ccccc3C)o2)c1. The molecular formula is C21H23N3O4S. The second-order valence-electron chi connectivity index (χ2n) is 6.44. The zero-order valence-corrected chi connectivity index (χ0v) is 17.7. The van der Waals surface area contributed by atoms with Gasteiger partial charge in [0.1, 0.15) is 11.5 Å². The predicted octanol–water partition coefficient (Wildman–Crippen LogP) is 3.81. The molecular weight excluding hydrogens is 390 g/mol. The molecule has 0 aliphatic rings. The summed E-state index contributed by atoms with van der Waals surface area (Å²) in [6.07, 6.45) is 0. The third-order valence-electron chi connectivity index (χ3n) is 4.42. The van der Waals surface area contributed by atoms with Crippen molar-refractivity contribution < 1.29 is 18.7 Å². The van der Waals surface area contributed by atoms with Crippen molar-refractivity contribution in [2.75, 3.05) is 27.0 Å². The van der Waals surface area contributed by atoms with Gasteiger partial charge in [0.2, 0.25) is 11.8 Å². The molecule has 7 nitrogen and oxygen atoms in total. The quantitative estimate of drug-likeness (QED) is 0.520. The summed E-state index contributed by atoms with van der Waals surface area (Å²) in [6.45, 7) is 2.60. The minimum absolute atomic E-state index is 0.0129. The van der Waals surface area contributed by atoms with Gasteiger partial charge in [-0.05, 0) is 30.2 Å². The van der Waals surface area contributed by atoms with Crippen LogP contribution in [0.15, 0.2) is 52.1 Å². The number of aromatic nitrogens is 2. The first kappa shape index (κ1) is 20.7. The maximum Gasteiger partial charge on any atom is 0.277 e. The zero-order valence-electron chi connectivity index (χ0n) is 16.8. The van der Waals surface area contributed by atoms with Crippen molar-refractivity contribution in [2.24, 2.45) is 0 Å². The first-order valence-electron chi connectivity index (χ1n) is 8.98. The maximum absolute atomic E-state index is 12.5. The molecule has 1 heterocycles. The fourth-order valence-electron chi connectivity index (χ4n) is 2.68. The molecule has 8 heteroatoms. The van der Waals surface area contributed by atoms with Gasteiger partial charge in [-0.1, -0.05) is 36.0 Å². The van der Waals surface area contributed by atoms with E-state index in [1.165, 1.54) is 11.8 Å². The minimum atomic E-state index is -0.0129. The Morgan fingerprint density at radius 3 is 2.45 bits per heavy atom. The highest BCUT2D eigenvalue weighted by Crippen LogP contribution is 2.30. The lowest BCUT2D eigenvalue weighted by Gasteiger charge is -2.17. The number of benzene rings is 2. The Balaban J connectivity index is 1.62. The van der Waals surface area contributed by atoms with Crippen LogP contribution in [0.5, 0.6) is 11.5 Å². The number of rotatable bonds is 8. The van der Waals surface area contributed by atoms with Gasteiger partial charge in [0.25, 0.3) is 5.22 Å². The Bertz CT molecular complexity index is 967. The third kappa shape index (κ3) is 5.29. The molecule has 0 radical (unpaired) electrons. The highest BCUT2D eigenvalue weighted by molar-refractivity contribution is 7.99. The summed E-state index contributed by atoms with van der Waals surface area (Å²) in [5.74, 6) is 1.79. The fourth-order valence-corrected chi connectivity index (χ4v) is 3.38. The molecule has 29 heavy (non-hydrogen) atoms. The van der Waals surface area contributed by atoms with E-state index in [4.69, 9.17) is 13.9 Å². The zero-order chi connectivity index (χ0) is 20.8. The van der Waals surface area contributed by atoms with Crippen LogP contribution in [0, 0.1) is 6.92 Å². The normalized spacial score (nSPS) is 10.6. The summed E-state index contributed by atoms with van der Waals surface area (Å²) in [5, 5.41) is 8.43. The predicted molar refractivity (Wildman–Crippen MR) is 111 cm³/mol. The summed E-state index contributed by atoms with van der Waals surface area (Å²) in [7, 11) is 4.94. The lowest BCUT2D eigenvalue weighted by atomic mass is 10.1. The maximum atomic E-state index is 12.5. The molecule has 0 saturated carbocycles. The van der Waals surface area contributed by atoms with Crippen LogP contribution in [0.25, 0.3) is 11.5 Å². The number of hydrogen-bond donors (Lipinski definition) is 0. The second-order valence-corrected chi connectivity index (χ2v) is 7.37. The van der Waals surface area contributed by atoms with E-state index in [-0.39, 0.29) is 11.7 Å². The first-order valence-corrected chi connectivity index (χ1v) is 9.97. The molecule has 0 bridgehead atoms. The average Bonchev–Trinajstić information content (AvgIpc) is 3.22. The number of hydrogen-bond acceptors (Lipinski definition) is 7. The molecule has 0 saturated heterocycles. The number of amides is 1. The van der Waals surface area contributed by atoms with Crippen molar-refractivity contribution >= 4 is 17.7 Å². The van der Waals surface area contributed by atoms with E-state index in [9.17, 15) is 4.79 Å². The molecule has 2 aromatic carbocycles. The molecule has 152 valence electrons. The summed E-state index contributed by atoms with van der Waals surface area (Å²) in [4.78, 5) is 14.2. The molecule has 0 aliphatic heterocycles. The summed E-state index contributed by atoms with van der Waals surface area (Å²) in [6, 6.07) is 13.4. The number of thioether (sulfide) groups is 1. The molecule has 0 aliphatic carbocycles. The Morgan fingerprint density at radius 1 is 1.10 bits per heavy atom. The lowest BCUT2D eigenvalue weighted by Crippen LogP contribution is -2.28. The van der Waals surface area contributed by atoms with Crippen LogP contribution in [-0.4, -0.2) is 48.0 Å². The summed E-state index contributed by atoms with van der Waals surface area (Å²) in [5.41, 5.74) is 2.97. The van der Waals surface area contributed by atoms with Crippen LogP contribution >= 0.6 is 11.8 Å². The number of methoxy groups -OCH3 is 2. The first-order chi connectivity index (χ1) is 14.0. The molecule has 1 amide bonds. The van der Waals surface area contributed by atoms with Crippen molar-refractivity contribution in [3.05, 3.63) is 53.6 Å². The number of carbonyl (C=O) groups is 1. The van der Waals surface area contributed by atoms with Gasteiger partial charge in [0, 0.05) is 25.2 Å². The number of aryl methyl sites for hydroxylation is 1. The molecule has 3 rings (SSSR count). The second kappa shape index (κ2) is 9.47. The van der Waals surface area contributed by atoms with Crippen molar-refractivity contribution in [2.45, 2.75) is 18.7 Å². The van der Waals surface area contributed by atoms with E-state index >= 15 is 0 Å². The van der Waals surface area contributed by atoms with Crippen LogP contribution in [0.4, 0.5) is 0 Å². The van der Waals surface area contributed by atoms with Crippen LogP contribution in [0.2, 0.25) is 0 Å². The Morgan fingerprint density at radius 2 is 1.79 bits per heavy atom. The number of carbonyl (C=O) groups excluding carboxylic acids is 1. The lowest BCUT2D eigenvalue weighted by molar-refractivity contribution is -0.127. The highest BCUT2D eigenvalue weighted by Gasteiger charge is 2.15. The van der Waals surface area contributed by atoms with Crippen molar-refractivity contribution in [1.82, 2.24) is 15.1 Å². The topological polar surface area (TPSA) is 77.7 Å². The van der Waals surface area contributed by atoms with Crippen LogP contribution in [0.1, 0.15) is 11.1 Å². The average molecular weight is 413 g/mol. The van der Waals surface area contributed by atoms with Gasteiger partial charge in [-0.15, -0.1) is 10.2 Å². The van der Waals surface area contributed by atoms with Gasteiger partial charge in [-0.3, -0.25) is 4.79 Å². The molecule has 0 unspecified atom stereocenters. The Hall–Kier alpha value is -3.00. The summed E-state index contributed by atoms with van der Waals surface area (Å²) >= 11 is 1.21. The van der Waals surface area contributed by atoms with Gasteiger partial charge in [-0.2, -0.15) is 0 Å². The largest absolute Gasteiger partial charge is 0.497 e. The number of ether oxygens (including phenoxy) is 2. The van der Waals surface area contributed by atoms with Crippen LogP contribution < -0.4 is 9.47 Å². The minimum Gasteiger partial charge on any atom is -0.497 e. The van der Waals surface area contributed by atoms with Gasteiger partial charge in [0.05, 0.1) is 20.0 Å². The molecule has 3 aromatic rings. The smallest absolute Gasteiger partial charge is 0.277 e. The van der Waals surface area contributed by atoms with E-state index in [1.54, 1.807) is 44.4 Å². The number of nitrogens with zero attached hydrogens (tertiary/aromatic N) is 3. The van der Waals surface area contributed by atoms with Crippen molar-refractivity contribution in [1.29, 1.82) is 0 Å². The van der Waals surface area contributed by atoms with E-state index in [1.807, 2.05) is 31.2 Å². The molecule has 1 aromatic heterocycles. The highest BCUT2D eigenvalue weighted by atomic mass is 32.2. The van der Waals surface area contributed by atoms with E-state index in [0.717, 1.165) is 11.1 Å². The summed E-state index contributed by atoms with van der Waals surface area (Å²) < 4.78 is 16.2. The van der Waals surface area contributed by atoms with Gasteiger partial charge < -0.3 is 18.8 Å².